The predicted molar refractivity (Wildman–Crippen MR) is 113 cm³/mol. The van der Waals surface area contributed by atoms with E-state index in [-0.39, 0.29) is 25.9 Å². The molecule has 0 bridgehead atoms. The second-order valence-corrected chi connectivity index (χ2v) is 6.77. The highest BCUT2D eigenvalue weighted by Crippen LogP contribution is 2.00. The Morgan fingerprint density at radius 2 is 0.733 bits per heavy atom. The largest absolute Gasteiger partial charge is 0.396 e. The molecule has 0 aliphatic heterocycles. The van der Waals surface area contributed by atoms with Gasteiger partial charge >= 0.3 is 0 Å². The van der Waals surface area contributed by atoms with Gasteiger partial charge in [0.15, 0.2) is 0 Å². The molecule has 182 valence electrons. The highest BCUT2D eigenvalue weighted by Gasteiger charge is 2.10. The van der Waals surface area contributed by atoms with Crippen molar-refractivity contribution in [3.63, 3.8) is 0 Å². The fourth-order valence-electron chi connectivity index (χ4n) is 2.32. The Bertz CT molecular complexity index is 288. The zero-order chi connectivity index (χ0) is 22.0. The average molecular weight is 441 g/mol. The molecule has 3 N–H and O–H groups in total. The summed E-state index contributed by atoms with van der Waals surface area (Å²) in [7, 11) is 0. The molecule has 0 fully saturated rings. The van der Waals surface area contributed by atoms with Crippen LogP contribution in [0.3, 0.4) is 0 Å². The minimum absolute atomic E-state index is 0.145. The van der Waals surface area contributed by atoms with Crippen molar-refractivity contribution >= 4 is 0 Å². The van der Waals surface area contributed by atoms with Crippen molar-refractivity contribution < 1.29 is 43.7 Å². The summed E-state index contributed by atoms with van der Waals surface area (Å²) < 4.78 is 33.4. The molecule has 0 spiro atoms. The van der Waals surface area contributed by atoms with Crippen molar-refractivity contribution in [3.8, 4) is 0 Å². The van der Waals surface area contributed by atoms with Crippen LogP contribution in [-0.2, 0) is 28.4 Å². The monoisotopic (exact) mass is 440 g/mol. The van der Waals surface area contributed by atoms with E-state index in [0.29, 0.717) is 91.9 Å². The first-order valence-electron chi connectivity index (χ1n) is 11.2. The fraction of sp³-hybridized carbons (Fsp3) is 1.00. The average Bonchev–Trinajstić information content (AvgIpc) is 2.76. The lowest BCUT2D eigenvalue weighted by Gasteiger charge is -2.18. The van der Waals surface area contributed by atoms with Crippen LogP contribution < -0.4 is 0 Å². The summed E-state index contributed by atoms with van der Waals surface area (Å²) in [5.74, 6) is 0. The lowest BCUT2D eigenvalue weighted by atomic mass is 10.3. The van der Waals surface area contributed by atoms with Gasteiger partial charge in [-0.2, -0.15) is 0 Å². The Morgan fingerprint density at radius 1 is 0.400 bits per heavy atom. The number of rotatable bonds is 26. The maximum absolute atomic E-state index is 8.72. The number of aliphatic hydroxyl groups is 3. The van der Waals surface area contributed by atoms with Crippen LogP contribution in [0.4, 0.5) is 0 Å². The molecule has 0 aromatic heterocycles. The van der Waals surface area contributed by atoms with Crippen LogP contribution >= 0.6 is 0 Å². The normalized spacial score (nSPS) is 11.6. The molecule has 0 saturated carbocycles. The fourth-order valence-corrected chi connectivity index (χ4v) is 2.32. The highest BCUT2D eigenvalue weighted by atomic mass is 16.6. The molecule has 0 unspecified atom stereocenters. The van der Waals surface area contributed by atoms with Crippen molar-refractivity contribution in [2.45, 2.75) is 44.6 Å². The minimum Gasteiger partial charge on any atom is -0.396 e. The van der Waals surface area contributed by atoms with Gasteiger partial charge in [-0.25, -0.2) is 0 Å². The van der Waals surface area contributed by atoms with Crippen molar-refractivity contribution in [2.75, 3.05) is 92.5 Å². The predicted octanol–water partition coefficient (Wildman–Crippen LogP) is 0.772. The molecule has 0 radical (unpaired) electrons. The van der Waals surface area contributed by atoms with Crippen molar-refractivity contribution in [3.05, 3.63) is 0 Å². The summed E-state index contributed by atoms with van der Waals surface area (Å²) in [4.78, 5) is 0. The van der Waals surface area contributed by atoms with Gasteiger partial charge in [0.25, 0.3) is 0 Å². The molecular weight excluding hydrogens is 396 g/mol. The first kappa shape index (κ1) is 29.6. The Morgan fingerprint density at radius 3 is 1.13 bits per heavy atom. The van der Waals surface area contributed by atoms with Gasteiger partial charge in [0.2, 0.25) is 0 Å². The smallest absolute Gasteiger partial charge is 0.104 e. The van der Waals surface area contributed by atoms with E-state index in [1.807, 2.05) is 0 Å². The van der Waals surface area contributed by atoms with Crippen molar-refractivity contribution in [1.82, 2.24) is 0 Å². The molecule has 0 aliphatic carbocycles. The molecule has 0 aromatic carbocycles. The molecule has 0 saturated heterocycles. The lowest BCUT2D eigenvalue weighted by Crippen LogP contribution is -2.27. The zero-order valence-electron chi connectivity index (χ0n) is 18.5. The SMILES string of the molecule is OCCCOCCCOCC(COCCCOCCCO)OCCCOCCCO. The van der Waals surface area contributed by atoms with Crippen LogP contribution in [0, 0.1) is 0 Å². The zero-order valence-corrected chi connectivity index (χ0v) is 18.5. The van der Waals surface area contributed by atoms with E-state index in [1.165, 1.54) is 0 Å². The number of hydrogen-bond donors (Lipinski definition) is 3. The molecule has 0 heterocycles. The van der Waals surface area contributed by atoms with Crippen LogP contribution in [-0.4, -0.2) is 114 Å². The molecule has 30 heavy (non-hydrogen) atoms. The van der Waals surface area contributed by atoms with E-state index in [2.05, 4.69) is 0 Å². The first-order valence-corrected chi connectivity index (χ1v) is 11.2. The van der Waals surface area contributed by atoms with Gasteiger partial charge in [-0.15, -0.1) is 0 Å². The lowest BCUT2D eigenvalue weighted by molar-refractivity contribution is -0.0675. The van der Waals surface area contributed by atoms with Gasteiger partial charge in [0.05, 0.1) is 13.2 Å². The second kappa shape index (κ2) is 26.7. The van der Waals surface area contributed by atoms with E-state index < -0.39 is 0 Å². The summed E-state index contributed by atoms with van der Waals surface area (Å²) >= 11 is 0. The molecule has 9 nitrogen and oxygen atoms in total. The number of ether oxygens (including phenoxy) is 6. The number of aliphatic hydroxyl groups excluding tert-OH is 3. The molecule has 0 amide bonds. The molecule has 0 aromatic rings. The van der Waals surface area contributed by atoms with E-state index in [0.717, 1.165) is 19.3 Å². The molecule has 0 aliphatic rings. The molecule has 0 atom stereocenters. The number of hydrogen-bond acceptors (Lipinski definition) is 9. The van der Waals surface area contributed by atoms with E-state index >= 15 is 0 Å². The van der Waals surface area contributed by atoms with Crippen LogP contribution in [0.5, 0.6) is 0 Å². The van der Waals surface area contributed by atoms with Gasteiger partial charge in [-0.3, -0.25) is 0 Å². The third-order valence-corrected chi connectivity index (χ3v) is 3.89. The highest BCUT2D eigenvalue weighted by molar-refractivity contribution is 4.56. The van der Waals surface area contributed by atoms with Gasteiger partial charge < -0.3 is 43.7 Å². The summed E-state index contributed by atoms with van der Waals surface area (Å²) in [5.41, 5.74) is 0. The van der Waals surface area contributed by atoms with Crippen molar-refractivity contribution in [1.29, 1.82) is 0 Å². The van der Waals surface area contributed by atoms with Crippen LogP contribution in [0.1, 0.15) is 38.5 Å². The molecule has 9 heteroatoms. The summed E-state index contributed by atoms with van der Waals surface area (Å²) in [6.07, 6.45) is 4.19. The summed E-state index contributed by atoms with van der Waals surface area (Å²) in [6, 6.07) is 0. The Hall–Kier alpha value is -0.360. The van der Waals surface area contributed by atoms with Gasteiger partial charge in [-0.05, 0) is 38.5 Å². The third kappa shape index (κ3) is 23.9. The standard InChI is InChI=1S/C21H44O9/c22-7-1-10-25-13-4-16-28-19-21(30-18-6-15-27-12-3-9-24)20-29-17-5-14-26-11-2-8-23/h21-24H,1-20H2. The van der Waals surface area contributed by atoms with Crippen molar-refractivity contribution in [2.24, 2.45) is 0 Å². The summed E-state index contributed by atoms with van der Waals surface area (Å²) in [5, 5.41) is 26.1. The van der Waals surface area contributed by atoms with Crippen LogP contribution in [0.2, 0.25) is 0 Å². The second-order valence-electron chi connectivity index (χ2n) is 6.77. The Labute approximate surface area is 181 Å². The first-order chi connectivity index (χ1) is 14.8. The van der Waals surface area contributed by atoms with Gasteiger partial charge in [-0.1, -0.05) is 0 Å². The van der Waals surface area contributed by atoms with Gasteiger partial charge in [0.1, 0.15) is 6.10 Å². The topological polar surface area (TPSA) is 116 Å². The van der Waals surface area contributed by atoms with E-state index in [9.17, 15) is 0 Å². The summed E-state index contributed by atoms with van der Waals surface area (Å²) in [6.45, 7) is 6.61. The molecular formula is C21H44O9. The minimum atomic E-state index is -0.145. The Kier molecular flexibility index (Phi) is 26.4. The third-order valence-electron chi connectivity index (χ3n) is 3.89. The van der Waals surface area contributed by atoms with E-state index in [4.69, 9.17) is 43.7 Å². The maximum atomic E-state index is 8.72. The van der Waals surface area contributed by atoms with E-state index in [1.54, 1.807) is 0 Å². The van der Waals surface area contributed by atoms with Gasteiger partial charge in [0, 0.05) is 79.3 Å². The Balaban J connectivity index is 3.81. The quantitative estimate of drug-likeness (QED) is 0.168. The van der Waals surface area contributed by atoms with Crippen LogP contribution in [0.25, 0.3) is 0 Å². The molecule has 0 rings (SSSR count). The van der Waals surface area contributed by atoms with Crippen LogP contribution in [0.15, 0.2) is 0 Å². The maximum Gasteiger partial charge on any atom is 0.104 e.